The van der Waals surface area contributed by atoms with Crippen LogP contribution in [0.15, 0.2) is 11.6 Å². The molecule has 1 aliphatic carbocycles. The third-order valence-electron chi connectivity index (χ3n) is 2.03. The molecule has 1 unspecified atom stereocenters. The molecule has 52 valence electrons. The Morgan fingerprint density at radius 2 is 2.33 bits per heavy atom. The molecule has 0 saturated heterocycles. The van der Waals surface area contributed by atoms with E-state index < -0.39 is 0 Å². The molecule has 0 aromatic carbocycles. The van der Waals surface area contributed by atoms with Crippen molar-refractivity contribution in [3.63, 3.8) is 0 Å². The first-order valence-corrected chi connectivity index (χ1v) is 3.40. The molecule has 0 amide bonds. The largest absolute Gasteiger partial charge is 0.374 e. The van der Waals surface area contributed by atoms with Gasteiger partial charge in [0.05, 0.1) is 5.60 Å². The van der Waals surface area contributed by atoms with Crippen molar-refractivity contribution in [1.29, 1.82) is 0 Å². The van der Waals surface area contributed by atoms with Crippen LogP contribution in [-0.2, 0) is 4.74 Å². The van der Waals surface area contributed by atoms with E-state index in [0.29, 0.717) is 0 Å². The van der Waals surface area contributed by atoms with Gasteiger partial charge in [-0.1, -0.05) is 11.6 Å². The van der Waals surface area contributed by atoms with E-state index in [1.54, 1.807) is 7.11 Å². The van der Waals surface area contributed by atoms with Gasteiger partial charge in [-0.25, -0.2) is 0 Å². The molecule has 9 heavy (non-hydrogen) atoms. The van der Waals surface area contributed by atoms with E-state index in [1.807, 2.05) is 0 Å². The second-order valence-electron chi connectivity index (χ2n) is 3.01. The van der Waals surface area contributed by atoms with Crippen LogP contribution in [0.4, 0.5) is 0 Å². The molecule has 0 bridgehead atoms. The summed E-state index contributed by atoms with van der Waals surface area (Å²) in [5.74, 6) is 0. The Bertz CT molecular complexity index is 138. The quantitative estimate of drug-likeness (QED) is 0.489. The van der Waals surface area contributed by atoms with Gasteiger partial charge < -0.3 is 4.74 Å². The molecule has 1 rings (SSSR count). The topological polar surface area (TPSA) is 9.23 Å². The Kier molecular flexibility index (Phi) is 1.62. The Balaban J connectivity index is 2.64. The first-order valence-electron chi connectivity index (χ1n) is 3.40. The van der Waals surface area contributed by atoms with E-state index in [2.05, 4.69) is 19.9 Å². The zero-order chi connectivity index (χ0) is 6.91. The number of rotatable bonds is 1. The van der Waals surface area contributed by atoms with E-state index in [-0.39, 0.29) is 5.60 Å². The molecule has 0 heterocycles. The van der Waals surface area contributed by atoms with Gasteiger partial charge in [0.2, 0.25) is 0 Å². The summed E-state index contributed by atoms with van der Waals surface area (Å²) in [5, 5.41) is 0. The fourth-order valence-electron chi connectivity index (χ4n) is 1.27. The highest BCUT2D eigenvalue weighted by Gasteiger charge is 2.25. The van der Waals surface area contributed by atoms with Crippen LogP contribution in [0.3, 0.4) is 0 Å². The predicted octanol–water partition coefficient (Wildman–Crippen LogP) is 2.13. The Hall–Kier alpha value is -0.300. The van der Waals surface area contributed by atoms with Gasteiger partial charge in [-0.3, -0.25) is 0 Å². The van der Waals surface area contributed by atoms with E-state index in [0.717, 1.165) is 6.42 Å². The highest BCUT2D eigenvalue weighted by atomic mass is 16.5. The molecular formula is C8H14O. The molecule has 1 heteroatoms. The van der Waals surface area contributed by atoms with Crippen LogP contribution in [0, 0.1) is 0 Å². The first kappa shape index (κ1) is 6.81. The summed E-state index contributed by atoms with van der Waals surface area (Å²) in [5.41, 5.74) is 1.50. The highest BCUT2D eigenvalue weighted by Crippen LogP contribution is 2.29. The van der Waals surface area contributed by atoms with Gasteiger partial charge in [0.1, 0.15) is 0 Å². The van der Waals surface area contributed by atoms with E-state index >= 15 is 0 Å². The fraction of sp³-hybridized carbons (Fsp3) is 0.750. The van der Waals surface area contributed by atoms with Crippen molar-refractivity contribution in [1.82, 2.24) is 0 Å². The lowest BCUT2D eigenvalue weighted by molar-refractivity contribution is 0.0490. The standard InChI is InChI=1S/C8H14O/c1-7-4-5-8(2,6-7)9-3/h6H,4-5H2,1-3H3. The third kappa shape index (κ3) is 1.33. The molecule has 0 aromatic heterocycles. The zero-order valence-corrected chi connectivity index (χ0v) is 6.40. The van der Waals surface area contributed by atoms with Crippen molar-refractivity contribution < 1.29 is 4.74 Å². The molecular weight excluding hydrogens is 112 g/mol. The van der Waals surface area contributed by atoms with Gasteiger partial charge in [-0.05, 0) is 26.7 Å². The first-order chi connectivity index (χ1) is 4.16. The molecule has 0 fully saturated rings. The average Bonchev–Trinajstić information content (AvgIpc) is 2.13. The van der Waals surface area contributed by atoms with Crippen molar-refractivity contribution in [3.05, 3.63) is 11.6 Å². The van der Waals surface area contributed by atoms with Gasteiger partial charge in [0.25, 0.3) is 0 Å². The molecule has 1 aliphatic rings. The average molecular weight is 126 g/mol. The van der Waals surface area contributed by atoms with Gasteiger partial charge >= 0.3 is 0 Å². The summed E-state index contributed by atoms with van der Waals surface area (Å²) in [7, 11) is 1.77. The number of methoxy groups -OCH3 is 1. The second-order valence-corrected chi connectivity index (χ2v) is 3.01. The van der Waals surface area contributed by atoms with Crippen molar-refractivity contribution >= 4 is 0 Å². The van der Waals surface area contributed by atoms with E-state index in [4.69, 9.17) is 4.74 Å². The van der Waals surface area contributed by atoms with Gasteiger partial charge in [0.15, 0.2) is 0 Å². The second kappa shape index (κ2) is 2.14. The lowest BCUT2D eigenvalue weighted by atomic mass is 10.1. The molecule has 0 aromatic rings. The summed E-state index contributed by atoms with van der Waals surface area (Å²) < 4.78 is 5.29. The maximum absolute atomic E-state index is 5.29. The van der Waals surface area contributed by atoms with Crippen molar-refractivity contribution in [2.24, 2.45) is 0 Å². The van der Waals surface area contributed by atoms with Gasteiger partial charge in [0, 0.05) is 7.11 Å². The minimum absolute atomic E-state index is 0.0457. The molecule has 0 radical (unpaired) electrons. The lowest BCUT2D eigenvalue weighted by Crippen LogP contribution is -2.20. The van der Waals surface area contributed by atoms with Crippen LogP contribution in [0.2, 0.25) is 0 Å². The van der Waals surface area contributed by atoms with Crippen LogP contribution in [0.25, 0.3) is 0 Å². The number of allylic oxidation sites excluding steroid dienone is 1. The molecule has 0 aliphatic heterocycles. The minimum atomic E-state index is 0.0457. The van der Waals surface area contributed by atoms with Crippen LogP contribution < -0.4 is 0 Å². The molecule has 0 saturated carbocycles. The SMILES string of the molecule is COC1(C)C=C(C)CC1. The number of hydrogen-bond acceptors (Lipinski definition) is 1. The van der Waals surface area contributed by atoms with Gasteiger partial charge in [-0.2, -0.15) is 0 Å². The summed E-state index contributed by atoms with van der Waals surface area (Å²) in [6.07, 6.45) is 4.56. The van der Waals surface area contributed by atoms with Crippen LogP contribution in [-0.4, -0.2) is 12.7 Å². The predicted molar refractivity (Wildman–Crippen MR) is 38.4 cm³/mol. The zero-order valence-electron chi connectivity index (χ0n) is 6.40. The summed E-state index contributed by atoms with van der Waals surface area (Å²) >= 11 is 0. The minimum Gasteiger partial charge on any atom is -0.374 e. The van der Waals surface area contributed by atoms with Crippen LogP contribution >= 0.6 is 0 Å². The molecule has 1 atom stereocenters. The van der Waals surface area contributed by atoms with Crippen LogP contribution in [0.1, 0.15) is 26.7 Å². The van der Waals surface area contributed by atoms with Crippen molar-refractivity contribution in [3.8, 4) is 0 Å². The highest BCUT2D eigenvalue weighted by molar-refractivity contribution is 5.15. The van der Waals surface area contributed by atoms with E-state index in [1.165, 1.54) is 12.0 Å². The maximum Gasteiger partial charge on any atom is 0.0836 e. The maximum atomic E-state index is 5.29. The Morgan fingerprint density at radius 1 is 1.67 bits per heavy atom. The Labute approximate surface area is 56.7 Å². The monoisotopic (exact) mass is 126 g/mol. The van der Waals surface area contributed by atoms with Crippen molar-refractivity contribution in [2.45, 2.75) is 32.3 Å². The van der Waals surface area contributed by atoms with Gasteiger partial charge in [-0.15, -0.1) is 0 Å². The fourth-order valence-corrected chi connectivity index (χ4v) is 1.27. The molecule has 1 nitrogen and oxygen atoms in total. The molecule has 0 N–H and O–H groups in total. The molecule has 0 spiro atoms. The van der Waals surface area contributed by atoms with Crippen LogP contribution in [0.5, 0.6) is 0 Å². The van der Waals surface area contributed by atoms with Crippen molar-refractivity contribution in [2.75, 3.05) is 7.11 Å². The lowest BCUT2D eigenvalue weighted by Gasteiger charge is -2.18. The Morgan fingerprint density at radius 3 is 2.56 bits per heavy atom. The number of ether oxygens (including phenoxy) is 1. The third-order valence-corrected chi connectivity index (χ3v) is 2.03. The van der Waals surface area contributed by atoms with E-state index in [9.17, 15) is 0 Å². The summed E-state index contributed by atoms with van der Waals surface area (Å²) in [4.78, 5) is 0. The normalized spacial score (nSPS) is 34.8. The summed E-state index contributed by atoms with van der Waals surface area (Å²) in [6, 6.07) is 0. The summed E-state index contributed by atoms with van der Waals surface area (Å²) in [6.45, 7) is 4.29. The number of hydrogen-bond donors (Lipinski definition) is 0. The smallest absolute Gasteiger partial charge is 0.0836 e.